The first kappa shape index (κ1) is 23.6. The van der Waals surface area contributed by atoms with Crippen LogP contribution in [0.25, 0.3) is 10.9 Å². The Balaban J connectivity index is 1.91. The van der Waals surface area contributed by atoms with Crippen molar-refractivity contribution in [2.24, 2.45) is 11.5 Å². The summed E-state index contributed by atoms with van der Waals surface area (Å²) in [5, 5.41) is 16.0. The minimum atomic E-state index is -1.00. The smallest absolute Gasteiger partial charge is 0.273 e. The van der Waals surface area contributed by atoms with Gasteiger partial charge in [0.15, 0.2) is 11.4 Å². The van der Waals surface area contributed by atoms with Crippen molar-refractivity contribution < 1.29 is 19.5 Å². The van der Waals surface area contributed by atoms with Crippen molar-refractivity contribution in [3.05, 3.63) is 65.6 Å². The average Bonchev–Trinajstić information content (AvgIpc) is 2.82. The van der Waals surface area contributed by atoms with Crippen LogP contribution in [0.3, 0.4) is 0 Å². The van der Waals surface area contributed by atoms with Crippen LogP contribution in [0.4, 0.5) is 0 Å². The Hall–Kier alpha value is -4.05. The Morgan fingerprint density at radius 1 is 1.00 bits per heavy atom. The highest BCUT2D eigenvalue weighted by Crippen LogP contribution is 2.28. The van der Waals surface area contributed by atoms with Gasteiger partial charge in [-0.1, -0.05) is 30.3 Å². The number of aromatic nitrogens is 2. The topological polar surface area (TPSA) is 173 Å². The molecule has 0 fully saturated rings. The van der Waals surface area contributed by atoms with E-state index in [2.05, 4.69) is 20.6 Å². The zero-order chi connectivity index (χ0) is 23.8. The molecule has 2 heterocycles. The Kier molecular flexibility index (Phi) is 7.87. The van der Waals surface area contributed by atoms with E-state index in [9.17, 15) is 19.5 Å². The number of carbonyl (C=O) groups excluding carboxylic acids is 3. The number of nitrogens with zero attached hydrogens (tertiary/aromatic N) is 2. The minimum absolute atomic E-state index is 0.0449. The molecule has 10 heteroatoms. The van der Waals surface area contributed by atoms with Crippen LogP contribution in [0.15, 0.2) is 48.7 Å². The monoisotopic (exact) mass is 450 g/mol. The van der Waals surface area contributed by atoms with Crippen LogP contribution in [-0.4, -0.2) is 51.9 Å². The number of nitrogens with two attached hydrogens (primary N) is 2. The summed E-state index contributed by atoms with van der Waals surface area (Å²) in [7, 11) is 0. The van der Waals surface area contributed by atoms with E-state index in [1.165, 1.54) is 6.20 Å². The lowest BCUT2D eigenvalue weighted by Crippen LogP contribution is -2.46. The van der Waals surface area contributed by atoms with E-state index in [1.807, 2.05) is 30.3 Å². The van der Waals surface area contributed by atoms with E-state index in [0.717, 1.165) is 12.0 Å². The second kappa shape index (κ2) is 11.0. The molecule has 2 aromatic heterocycles. The second-order valence-corrected chi connectivity index (χ2v) is 7.43. The normalized spacial score (nSPS) is 11.7. The van der Waals surface area contributed by atoms with E-state index in [-0.39, 0.29) is 28.7 Å². The minimum Gasteiger partial charge on any atom is -0.504 e. The van der Waals surface area contributed by atoms with Gasteiger partial charge < -0.3 is 27.2 Å². The fourth-order valence-electron chi connectivity index (χ4n) is 3.31. The third kappa shape index (κ3) is 5.80. The molecule has 1 aromatic carbocycles. The molecule has 0 spiro atoms. The van der Waals surface area contributed by atoms with Gasteiger partial charge in [-0.05, 0) is 37.1 Å². The molecule has 10 nitrogen and oxygen atoms in total. The predicted molar refractivity (Wildman–Crippen MR) is 122 cm³/mol. The van der Waals surface area contributed by atoms with Gasteiger partial charge >= 0.3 is 0 Å². The third-order valence-corrected chi connectivity index (χ3v) is 5.01. The number of carbonyl (C=O) groups is 3. The first-order valence-corrected chi connectivity index (χ1v) is 10.5. The standard InChI is InChI=1S/C23H26N6O4/c24-10-4-5-11-27-22(32)19-20(30)17-15(9-6-12-26-17)18(29-19)23(33)28-16(21(25)31)13-14-7-2-1-3-8-14/h1-3,6-9,12,16,30H,4-5,10-11,13,24H2,(H2,25,31)(H,27,32)(H,28,33)/t16-/m0/s1. The Morgan fingerprint density at radius 3 is 2.45 bits per heavy atom. The molecule has 7 N–H and O–H groups in total. The van der Waals surface area contributed by atoms with Gasteiger partial charge in [0.2, 0.25) is 5.91 Å². The third-order valence-electron chi connectivity index (χ3n) is 5.01. The number of rotatable bonds is 10. The molecule has 0 aliphatic carbocycles. The Labute approximate surface area is 190 Å². The Bertz CT molecular complexity index is 1150. The first-order valence-electron chi connectivity index (χ1n) is 10.5. The van der Waals surface area contributed by atoms with Crippen LogP contribution in [0.5, 0.6) is 5.75 Å². The second-order valence-electron chi connectivity index (χ2n) is 7.43. The lowest BCUT2D eigenvalue weighted by molar-refractivity contribution is -0.119. The highest BCUT2D eigenvalue weighted by Gasteiger charge is 2.26. The summed E-state index contributed by atoms with van der Waals surface area (Å²) in [6.45, 7) is 0.827. The summed E-state index contributed by atoms with van der Waals surface area (Å²) in [6.07, 6.45) is 2.99. The number of hydrogen-bond acceptors (Lipinski definition) is 7. The van der Waals surface area contributed by atoms with Gasteiger partial charge in [0.05, 0.1) is 0 Å². The van der Waals surface area contributed by atoms with Crippen molar-refractivity contribution in [1.29, 1.82) is 0 Å². The maximum Gasteiger partial charge on any atom is 0.273 e. The molecule has 1 atom stereocenters. The zero-order valence-corrected chi connectivity index (χ0v) is 18.0. The highest BCUT2D eigenvalue weighted by atomic mass is 16.3. The lowest BCUT2D eigenvalue weighted by Gasteiger charge is -2.17. The lowest BCUT2D eigenvalue weighted by atomic mass is 10.0. The van der Waals surface area contributed by atoms with Crippen molar-refractivity contribution in [3.8, 4) is 5.75 Å². The molecular formula is C23H26N6O4. The number of primary amides is 1. The number of fused-ring (bicyclic) bond motifs is 1. The average molecular weight is 450 g/mol. The maximum absolute atomic E-state index is 13.1. The zero-order valence-electron chi connectivity index (χ0n) is 18.0. The van der Waals surface area contributed by atoms with Crippen LogP contribution in [0, 0.1) is 0 Å². The SMILES string of the molecule is NCCCCNC(=O)c1nc(C(=O)N[C@@H](Cc2ccccc2)C(N)=O)c2cccnc2c1O. The number of amides is 3. The first-order chi connectivity index (χ1) is 15.9. The number of unbranched alkanes of at least 4 members (excludes halogenated alkanes) is 1. The largest absolute Gasteiger partial charge is 0.504 e. The number of hydrogen-bond donors (Lipinski definition) is 5. The van der Waals surface area contributed by atoms with Gasteiger partial charge in [0.25, 0.3) is 11.8 Å². The quantitative estimate of drug-likeness (QED) is 0.282. The van der Waals surface area contributed by atoms with Gasteiger partial charge in [-0.25, -0.2) is 4.98 Å². The van der Waals surface area contributed by atoms with E-state index < -0.39 is 29.5 Å². The molecule has 0 aliphatic heterocycles. The molecule has 0 radical (unpaired) electrons. The van der Waals surface area contributed by atoms with Crippen molar-refractivity contribution in [1.82, 2.24) is 20.6 Å². The van der Waals surface area contributed by atoms with Crippen molar-refractivity contribution in [2.75, 3.05) is 13.1 Å². The number of benzene rings is 1. The highest BCUT2D eigenvalue weighted by molar-refractivity contribution is 6.10. The van der Waals surface area contributed by atoms with Crippen molar-refractivity contribution in [2.45, 2.75) is 25.3 Å². The summed E-state index contributed by atoms with van der Waals surface area (Å²) < 4.78 is 0. The van der Waals surface area contributed by atoms with Crippen LogP contribution >= 0.6 is 0 Å². The molecule has 3 amide bonds. The Morgan fingerprint density at radius 2 is 1.76 bits per heavy atom. The van der Waals surface area contributed by atoms with Crippen LogP contribution in [0.2, 0.25) is 0 Å². The van der Waals surface area contributed by atoms with E-state index in [0.29, 0.717) is 19.5 Å². The van der Waals surface area contributed by atoms with Gasteiger partial charge in [-0.15, -0.1) is 0 Å². The predicted octanol–water partition coefficient (Wildman–Crippen LogP) is 0.631. The molecular weight excluding hydrogens is 424 g/mol. The van der Waals surface area contributed by atoms with Gasteiger partial charge in [0, 0.05) is 24.5 Å². The molecule has 0 saturated heterocycles. The fourth-order valence-corrected chi connectivity index (χ4v) is 3.31. The number of pyridine rings is 2. The van der Waals surface area contributed by atoms with E-state index in [1.54, 1.807) is 12.1 Å². The number of nitrogens with one attached hydrogen (secondary N) is 2. The van der Waals surface area contributed by atoms with Crippen molar-refractivity contribution in [3.63, 3.8) is 0 Å². The maximum atomic E-state index is 13.1. The van der Waals surface area contributed by atoms with Crippen LogP contribution < -0.4 is 22.1 Å². The summed E-state index contributed by atoms with van der Waals surface area (Å²) in [5.41, 5.74) is 11.3. The molecule has 172 valence electrons. The van der Waals surface area contributed by atoms with Crippen LogP contribution in [-0.2, 0) is 11.2 Å². The van der Waals surface area contributed by atoms with Gasteiger partial charge in [-0.3, -0.25) is 19.4 Å². The molecule has 3 aromatic rings. The molecule has 0 saturated carbocycles. The molecule has 33 heavy (non-hydrogen) atoms. The molecule has 3 rings (SSSR count). The molecule has 0 aliphatic rings. The summed E-state index contributed by atoms with van der Waals surface area (Å²) >= 11 is 0. The van der Waals surface area contributed by atoms with E-state index >= 15 is 0 Å². The van der Waals surface area contributed by atoms with Crippen LogP contribution in [0.1, 0.15) is 39.4 Å². The van der Waals surface area contributed by atoms with Crippen molar-refractivity contribution >= 4 is 28.6 Å². The number of aromatic hydroxyl groups is 1. The van der Waals surface area contributed by atoms with E-state index in [4.69, 9.17) is 11.5 Å². The van der Waals surface area contributed by atoms with Gasteiger partial charge in [0.1, 0.15) is 17.3 Å². The molecule has 0 bridgehead atoms. The summed E-state index contributed by atoms with van der Waals surface area (Å²) in [6, 6.07) is 11.2. The summed E-state index contributed by atoms with van der Waals surface area (Å²) in [5.74, 6) is -2.52. The summed E-state index contributed by atoms with van der Waals surface area (Å²) in [4.78, 5) is 46.0. The van der Waals surface area contributed by atoms with Gasteiger partial charge in [-0.2, -0.15) is 0 Å². The fraction of sp³-hybridized carbons (Fsp3) is 0.261. The molecule has 0 unspecified atom stereocenters.